The van der Waals surface area contributed by atoms with Crippen LogP contribution in [0, 0.1) is 0 Å². The van der Waals surface area contributed by atoms with Crippen molar-refractivity contribution in [3.8, 4) is 17.0 Å². The van der Waals surface area contributed by atoms with E-state index >= 15 is 0 Å². The minimum atomic E-state index is -1.60. The van der Waals surface area contributed by atoms with Crippen LogP contribution in [0.5, 0.6) is 5.75 Å². The number of rotatable bonds is 9. The summed E-state index contributed by atoms with van der Waals surface area (Å²) in [5.41, 5.74) is 1.51. The van der Waals surface area contributed by atoms with Crippen LogP contribution < -0.4 is 10.1 Å². The zero-order valence-electron chi connectivity index (χ0n) is 20.0. The summed E-state index contributed by atoms with van der Waals surface area (Å²) < 4.78 is 22.0. The van der Waals surface area contributed by atoms with Gasteiger partial charge in [-0.1, -0.05) is 18.5 Å². The molecular weight excluding hydrogens is 489 g/mol. The van der Waals surface area contributed by atoms with Gasteiger partial charge < -0.3 is 15.0 Å². The third-order valence-electron chi connectivity index (χ3n) is 5.30. The lowest BCUT2D eigenvalue weighted by molar-refractivity contribution is -0.130. The second kappa shape index (κ2) is 10.7. The molecule has 12 heteroatoms. The van der Waals surface area contributed by atoms with Gasteiger partial charge in [0.25, 0.3) is 5.91 Å². The van der Waals surface area contributed by atoms with Gasteiger partial charge in [0.05, 0.1) is 11.9 Å². The van der Waals surface area contributed by atoms with E-state index < -0.39 is 12.3 Å². The maximum Gasteiger partial charge on any atom is 0.261 e. The molecule has 3 heterocycles. The number of hydrogen-bond donors (Lipinski definition) is 1. The van der Waals surface area contributed by atoms with Crippen molar-refractivity contribution in [2.75, 3.05) is 18.9 Å². The zero-order valence-corrected chi connectivity index (χ0v) is 20.7. The quantitative estimate of drug-likeness (QED) is 0.362. The Morgan fingerprint density at radius 3 is 2.89 bits per heavy atom. The fourth-order valence-corrected chi connectivity index (χ4v) is 3.83. The SMILES string of the molecule is CCCN(C)C(=O)Cn1cc(NC(=O)c2cnn3cccnc23)c(-c2cc(Cl)ccc2OC(C)F)n1. The summed E-state index contributed by atoms with van der Waals surface area (Å²) in [6.45, 7) is 3.76. The molecule has 1 aromatic carbocycles. The van der Waals surface area contributed by atoms with Crippen LogP contribution in [0.25, 0.3) is 16.9 Å². The molecule has 0 aliphatic rings. The number of ether oxygens (including phenoxy) is 1. The van der Waals surface area contributed by atoms with Crippen molar-refractivity contribution >= 4 is 34.7 Å². The fourth-order valence-electron chi connectivity index (χ4n) is 3.65. The molecule has 1 unspecified atom stereocenters. The first-order valence-corrected chi connectivity index (χ1v) is 11.7. The summed E-state index contributed by atoms with van der Waals surface area (Å²) in [6.07, 6.45) is 5.39. The van der Waals surface area contributed by atoms with E-state index in [9.17, 15) is 14.0 Å². The van der Waals surface area contributed by atoms with Crippen molar-refractivity contribution in [1.29, 1.82) is 0 Å². The van der Waals surface area contributed by atoms with E-state index in [1.54, 1.807) is 42.5 Å². The van der Waals surface area contributed by atoms with Crippen molar-refractivity contribution < 1.29 is 18.7 Å². The topological polar surface area (TPSA) is 107 Å². The van der Waals surface area contributed by atoms with Gasteiger partial charge in [0.15, 0.2) is 5.65 Å². The monoisotopic (exact) mass is 513 g/mol. The normalized spacial score (nSPS) is 11.9. The average molecular weight is 514 g/mol. The number of nitrogens with zero attached hydrogens (tertiary/aromatic N) is 6. The number of carbonyl (C=O) groups excluding carboxylic acids is 2. The van der Waals surface area contributed by atoms with Crippen LogP contribution in [0.15, 0.2) is 49.1 Å². The largest absolute Gasteiger partial charge is 0.460 e. The van der Waals surface area contributed by atoms with Crippen molar-refractivity contribution in [3.63, 3.8) is 0 Å². The number of anilines is 1. The van der Waals surface area contributed by atoms with Gasteiger partial charge in [-0.15, -0.1) is 0 Å². The molecule has 0 saturated carbocycles. The Kier molecular flexibility index (Phi) is 7.49. The predicted octanol–water partition coefficient (Wildman–Crippen LogP) is 4.06. The van der Waals surface area contributed by atoms with Crippen LogP contribution in [-0.4, -0.2) is 61.0 Å². The van der Waals surface area contributed by atoms with E-state index in [0.717, 1.165) is 6.42 Å². The lowest BCUT2D eigenvalue weighted by atomic mass is 10.1. The van der Waals surface area contributed by atoms with E-state index in [2.05, 4.69) is 20.5 Å². The minimum absolute atomic E-state index is 0.0616. The van der Waals surface area contributed by atoms with Crippen LogP contribution in [0.2, 0.25) is 5.02 Å². The van der Waals surface area contributed by atoms with Crippen molar-refractivity contribution in [2.24, 2.45) is 0 Å². The molecule has 0 spiro atoms. The summed E-state index contributed by atoms with van der Waals surface area (Å²) >= 11 is 6.22. The minimum Gasteiger partial charge on any atom is -0.460 e. The lowest BCUT2D eigenvalue weighted by Gasteiger charge is -2.15. The van der Waals surface area contributed by atoms with Gasteiger partial charge in [0, 0.05) is 49.7 Å². The van der Waals surface area contributed by atoms with Crippen LogP contribution in [-0.2, 0) is 11.3 Å². The Balaban J connectivity index is 1.74. The molecule has 0 aliphatic heterocycles. The average Bonchev–Trinajstić information content (AvgIpc) is 3.44. The molecular formula is C24H25ClFN7O3. The Morgan fingerprint density at radius 1 is 1.33 bits per heavy atom. The fraction of sp³-hybridized carbons (Fsp3) is 0.292. The molecule has 0 aliphatic carbocycles. The molecule has 4 rings (SSSR count). The van der Waals surface area contributed by atoms with Crippen LogP contribution in [0.4, 0.5) is 10.1 Å². The van der Waals surface area contributed by atoms with Gasteiger partial charge in [-0.05, 0) is 30.7 Å². The van der Waals surface area contributed by atoms with Crippen molar-refractivity contribution in [3.05, 3.63) is 59.6 Å². The number of alkyl halides is 1. The second-order valence-corrected chi connectivity index (χ2v) is 8.54. The van der Waals surface area contributed by atoms with Gasteiger partial charge >= 0.3 is 0 Å². The van der Waals surface area contributed by atoms with E-state index in [1.165, 1.54) is 34.6 Å². The highest BCUT2D eigenvalue weighted by atomic mass is 35.5. The third kappa shape index (κ3) is 5.46. The van der Waals surface area contributed by atoms with E-state index in [4.69, 9.17) is 16.3 Å². The molecule has 3 aromatic heterocycles. The zero-order chi connectivity index (χ0) is 25.8. The molecule has 188 valence electrons. The summed E-state index contributed by atoms with van der Waals surface area (Å²) in [6, 6.07) is 6.34. The molecule has 0 radical (unpaired) electrons. The highest BCUT2D eigenvalue weighted by molar-refractivity contribution is 6.31. The number of likely N-dealkylation sites (N-methyl/N-ethyl adjacent to an activating group) is 1. The number of benzene rings is 1. The molecule has 10 nitrogen and oxygen atoms in total. The number of hydrogen-bond acceptors (Lipinski definition) is 6. The summed E-state index contributed by atoms with van der Waals surface area (Å²) in [4.78, 5) is 31.7. The number of amides is 2. The lowest BCUT2D eigenvalue weighted by Crippen LogP contribution is -2.30. The van der Waals surface area contributed by atoms with E-state index in [1.807, 2.05) is 6.92 Å². The third-order valence-corrected chi connectivity index (χ3v) is 5.54. The molecule has 0 bridgehead atoms. The standard InChI is InChI=1S/C24H25ClFN7O3/c1-4-9-31(3)21(34)14-32-13-19(29-24(35)18-12-28-33-10-5-8-27-23(18)33)22(30-32)17-11-16(25)6-7-20(17)36-15(2)26/h5-8,10-13,15H,4,9,14H2,1-3H3,(H,29,35). The molecule has 4 aromatic rings. The Labute approximate surface area is 211 Å². The molecule has 0 fully saturated rings. The molecule has 36 heavy (non-hydrogen) atoms. The maximum atomic E-state index is 13.7. The van der Waals surface area contributed by atoms with Gasteiger partial charge in [-0.2, -0.15) is 10.2 Å². The van der Waals surface area contributed by atoms with Gasteiger partial charge in [0.2, 0.25) is 12.3 Å². The Bertz CT molecular complexity index is 1400. The summed E-state index contributed by atoms with van der Waals surface area (Å²) in [7, 11) is 1.71. The predicted molar refractivity (Wildman–Crippen MR) is 133 cm³/mol. The van der Waals surface area contributed by atoms with E-state index in [0.29, 0.717) is 22.8 Å². The summed E-state index contributed by atoms with van der Waals surface area (Å²) in [5, 5.41) is 11.9. The number of halogens is 2. The second-order valence-electron chi connectivity index (χ2n) is 8.11. The van der Waals surface area contributed by atoms with Gasteiger partial charge in [-0.25, -0.2) is 13.9 Å². The number of nitrogens with one attached hydrogen (secondary N) is 1. The summed E-state index contributed by atoms with van der Waals surface area (Å²) in [5.74, 6) is -0.458. The van der Waals surface area contributed by atoms with Gasteiger partial charge in [0.1, 0.15) is 23.6 Å². The first-order valence-electron chi connectivity index (χ1n) is 11.3. The first kappa shape index (κ1) is 25.1. The molecule has 1 N–H and O–H groups in total. The van der Waals surface area contributed by atoms with Crippen LogP contribution >= 0.6 is 11.6 Å². The van der Waals surface area contributed by atoms with E-state index in [-0.39, 0.29) is 35.1 Å². The maximum absolute atomic E-state index is 13.7. The van der Waals surface area contributed by atoms with Crippen LogP contribution in [0.3, 0.4) is 0 Å². The highest BCUT2D eigenvalue weighted by Crippen LogP contribution is 2.37. The molecule has 1 atom stereocenters. The molecule has 2 amide bonds. The van der Waals surface area contributed by atoms with Crippen molar-refractivity contribution in [2.45, 2.75) is 33.2 Å². The highest BCUT2D eigenvalue weighted by Gasteiger charge is 2.22. The Morgan fingerprint density at radius 2 is 2.14 bits per heavy atom. The van der Waals surface area contributed by atoms with Crippen LogP contribution in [0.1, 0.15) is 30.6 Å². The smallest absolute Gasteiger partial charge is 0.261 e. The van der Waals surface area contributed by atoms with Gasteiger partial charge in [-0.3, -0.25) is 14.3 Å². The van der Waals surface area contributed by atoms with Crippen molar-refractivity contribution in [1.82, 2.24) is 29.3 Å². The Hall–Kier alpha value is -3.99. The first-order chi connectivity index (χ1) is 17.3. The number of carbonyl (C=O) groups is 2. The number of aromatic nitrogens is 5. The number of fused-ring (bicyclic) bond motifs is 1. The molecule has 0 saturated heterocycles.